The van der Waals surface area contributed by atoms with Crippen molar-refractivity contribution in [3.05, 3.63) is 46.7 Å². The molecule has 0 atom stereocenters. The lowest BCUT2D eigenvalue weighted by molar-refractivity contribution is 0.764. The third-order valence-corrected chi connectivity index (χ3v) is 4.02. The SMILES string of the molecule is Nc1nc(Sc2ccc(Cl)c(Cl)c2)nc(-n2cccn2)n1. The van der Waals surface area contributed by atoms with E-state index < -0.39 is 0 Å². The number of hydrogen-bond acceptors (Lipinski definition) is 6. The first-order chi connectivity index (χ1) is 10.1. The highest BCUT2D eigenvalue weighted by molar-refractivity contribution is 7.99. The molecular formula is C12H8Cl2N6S. The number of nitrogens with zero attached hydrogens (tertiary/aromatic N) is 5. The zero-order valence-electron chi connectivity index (χ0n) is 10.4. The molecule has 0 aliphatic heterocycles. The van der Waals surface area contributed by atoms with Crippen LogP contribution >= 0.6 is 35.0 Å². The molecule has 2 aromatic heterocycles. The summed E-state index contributed by atoms with van der Waals surface area (Å²) in [4.78, 5) is 13.3. The monoisotopic (exact) mass is 338 g/mol. The minimum atomic E-state index is 0.123. The first-order valence-corrected chi connectivity index (χ1v) is 7.33. The van der Waals surface area contributed by atoms with Crippen molar-refractivity contribution in [3.63, 3.8) is 0 Å². The summed E-state index contributed by atoms with van der Waals surface area (Å²) in [5.41, 5.74) is 5.71. The molecule has 3 rings (SSSR count). The Morgan fingerprint density at radius 3 is 2.67 bits per heavy atom. The fourth-order valence-electron chi connectivity index (χ4n) is 1.54. The van der Waals surface area contributed by atoms with E-state index in [0.717, 1.165) is 4.90 Å². The van der Waals surface area contributed by atoms with E-state index in [1.165, 1.54) is 16.4 Å². The molecule has 21 heavy (non-hydrogen) atoms. The lowest BCUT2D eigenvalue weighted by atomic mass is 10.4. The molecule has 0 saturated heterocycles. The standard InChI is InChI=1S/C12H8Cl2N6S/c13-8-3-2-7(6-9(8)14)21-12-18-10(15)17-11(19-12)20-5-1-4-16-20/h1-6H,(H2,15,17,18,19). The fraction of sp³-hybridized carbons (Fsp3) is 0. The van der Waals surface area contributed by atoms with E-state index >= 15 is 0 Å². The van der Waals surface area contributed by atoms with Crippen LogP contribution in [0.2, 0.25) is 10.0 Å². The molecule has 2 N–H and O–H groups in total. The van der Waals surface area contributed by atoms with E-state index in [-0.39, 0.29) is 5.95 Å². The van der Waals surface area contributed by atoms with Crippen molar-refractivity contribution in [1.82, 2.24) is 24.7 Å². The van der Waals surface area contributed by atoms with Crippen LogP contribution in [0.3, 0.4) is 0 Å². The molecular weight excluding hydrogens is 331 g/mol. The van der Waals surface area contributed by atoms with E-state index in [9.17, 15) is 0 Å². The number of aromatic nitrogens is 5. The van der Waals surface area contributed by atoms with Gasteiger partial charge >= 0.3 is 0 Å². The van der Waals surface area contributed by atoms with Crippen LogP contribution in [-0.2, 0) is 0 Å². The number of anilines is 1. The van der Waals surface area contributed by atoms with Gasteiger partial charge in [0.1, 0.15) is 0 Å². The lowest BCUT2D eigenvalue weighted by Gasteiger charge is -2.05. The summed E-state index contributed by atoms with van der Waals surface area (Å²) in [7, 11) is 0. The van der Waals surface area contributed by atoms with Crippen molar-refractivity contribution in [3.8, 4) is 5.95 Å². The van der Waals surface area contributed by atoms with Crippen molar-refractivity contribution in [2.24, 2.45) is 0 Å². The van der Waals surface area contributed by atoms with Gasteiger partial charge in [-0.1, -0.05) is 23.2 Å². The molecule has 9 heteroatoms. The van der Waals surface area contributed by atoms with Crippen LogP contribution in [0.1, 0.15) is 0 Å². The largest absolute Gasteiger partial charge is 0.368 e. The third kappa shape index (κ3) is 3.26. The van der Waals surface area contributed by atoms with Gasteiger partial charge in [0.15, 0.2) is 5.16 Å². The molecule has 2 heterocycles. The topological polar surface area (TPSA) is 82.5 Å². The summed E-state index contributed by atoms with van der Waals surface area (Å²) in [6.07, 6.45) is 3.36. The molecule has 0 fully saturated rings. The smallest absolute Gasteiger partial charge is 0.256 e. The van der Waals surface area contributed by atoms with Crippen molar-refractivity contribution >= 4 is 40.9 Å². The Kier molecular flexibility index (Phi) is 3.96. The van der Waals surface area contributed by atoms with Gasteiger partial charge in [-0.3, -0.25) is 0 Å². The number of nitrogen functional groups attached to an aromatic ring is 1. The lowest BCUT2D eigenvalue weighted by Crippen LogP contribution is -2.07. The van der Waals surface area contributed by atoms with Crippen LogP contribution < -0.4 is 5.73 Å². The number of nitrogens with two attached hydrogens (primary N) is 1. The Morgan fingerprint density at radius 1 is 1.10 bits per heavy atom. The summed E-state index contributed by atoms with van der Waals surface area (Å²) < 4.78 is 1.51. The van der Waals surface area contributed by atoms with Gasteiger partial charge in [0.2, 0.25) is 5.95 Å². The highest BCUT2D eigenvalue weighted by Crippen LogP contribution is 2.31. The molecule has 0 bridgehead atoms. The minimum Gasteiger partial charge on any atom is -0.368 e. The number of rotatable bonds is 3. The van der Waals surface area contributed by atoms with Crippen LogP contribution in [0.5, 0.6) is 0 Å². The summed E-state index contributed by atoms with van der Waals surface area (Å²) >= 11 is 13.2. The molecule has 0 aliphatic rings. The Hall–Kier alpha value is -1.83. The van der Waals surface area contributed by atoms with Gasteiger partial charge in [-0.15, -0.1) is 0 Å². The molecule has 6 nitrogen and oxygen atoms in total. The van der Waals surface area contributed by atoms with Crippen molar-refractivity contribution in [2.45, 2.75) is 10.1 Å². The van der Waals surface area contributed by atoms with Crippen LogP contribution in [0.15, 0.2) is 46.7 Å². The second-order valence-corrected chi connectivity index (χ2v) is 5.76. The van der Waals surface area contributed by atoms with Gasteiger partial charge in [0, 0.05) is 17.3 Å². The van der Waals surface area contributed by atoms with E-state index in [4.69, 9.17) is 28.9 Å². The molecule has 0 unspecified atom stereocenters. The second-order valence-electron chi connectivity index (χ2n) is 3.90. The molecule has 0 aliphatic carbocycles. The Bertz CT molecular complexity index is 777. The fourth-order valence-corrected chi connectivity index (χ4v) is 2.69. The summed E-state index contributed by atoms with van der Waals surface area (Å²) in [5.74, 6) is 0.480. The first-order valence-electron chi connectivity index (χ1n) is 5.76. The van der Waals surface area contributed by atoms with Gasteiger partial charge < -0.3 is 5.73 Å². The maximum Gasteiger partial charge on any atom is 0.256 e. The Balaban J connectivity index is 1.93. The average Bonchev–Trinajstić information content (AvgIpc) is 2.96. The minimum absolute atomic E-state index is 0.123. The molecule has 0 amide bonds. The average molecular weight is 339 g/mol. The first kappa shape index (κ1) is 14.1. The van der Waals surface area contributed by atoms with Crippen molar-refractivity contribution in [1.29, 1.82) is 0 Å². The van der Waals surface area contributed by atoms with Crippen molar-refractivity contribution < 1.29 is 0 Å². The number of hydrogen-bond donors (Lipinski definition) is 1. The number of halogens is 2. The second kappa shape index (κ2) is 5.88. The summed E-state index contributed by atoms with van der Waals surface area (Å²) in [6.45, 7) is 0. The quantitative estimate of drug-likeness (QED) is 0.790. The van der Waals surface area contributed by atoms with Gasteiger partial charge in [-0.05, 0) is 36.0 Å². The van der Waals surface area contributed by atoms with E-state index in [2.05, 4.69) is 20.1 Å². The zero-order valence-corrected chi connectivity index (χ0v) is 12.8. The Labute approximate surface area is 134 Å². The number of benzene rings is 1. The zero-order chi connectivity index (χ0) is 14.8. The van der Waals surface area contributed by atoms with Crippen molar-refractivity contribution in [2.75, 3.05) is 5.73 Å². The van der Waals surface area contributed by atoms with E-state index in [1.807, 2.05) is 6.07 Å². The van der Waals surface area contributed by atoms with Gasteiger partial charge in [-0.2, -0.15) is 20.1 Å². The van der Waals surface area contributed by atoms with Gasteiger partial charge in [-0.25, -0.2) is 4.68 Å². The third-order valence-electron chi connectivity index (χ3n) is 2.43. The highest BCUT2D eigenvalue weighted by atomic mass is 35.5. The maximum atomic E-state index is 5.99. The van der Waals surface area contributed by atoms with Gasteiger partial charge in [0.25, 0.3) is 5.95 Å². The Morgan fingerprint density at radius 2 is 1.95 bits per heavy atom. The van der Waals surface area contributed by atoms with Crippen LogP contribution in [0, 0.1) is 0 Å². The molecule has 106 valence electrons. The van der Waals surface area contributed by atoms with E-state index in [1.54, 1.807) is 30.6 Å². The van der Waals surface area contributed by atoms with Crippen LogP contribution in [0.4, 0.5) is 5.95 Å². The van der Waals surface area contributed by atoms with Crippen LogP contribution in [0.25, 0.3) is 5.95 Å². The predicted molar refractivity (Wildman–Crippen MR) is 81.9 cm³/mol. The van der Waals surface area contributed by atoms with E-state index in [0.29, 0.717) is 21.2 Å². The molecule has 0 spiro atoms. The molecule has 0 radical (unpaired) electrons. The van der Waals surface area contributed by atoms with Gasteiger partial charge in [0.05, 0.1) is 10.0 Å². The summed E-state index contributed by atoms with van der Waals surface area (Å²) in [6, 6.07) is 7.05. The molecule has 3 aromatic rings. The normalized spacial score (nSPS) is 10.8. The predicted octanol–water partition coefficient (Wildman–Crippen LogP) is 3.10. The summed E-state index contributed by atoms with van der Waals surface area (Å²) in [5, 5.41) is 5.47. The maximum absolute atomic E-state index is 5.99. The molecule has 1 aromatic carbocycles. The molecule has 0 saturated carbocycles. The highest BCUT2D eigenvalue weighted by Gasteiger charge is 2.09. The van der Waals surface area contributed by atoms with Crippen LogP contribution in [-0.4, -0.2) is 24.7 Å².